The van der Waals surface area contributed by atoms with Gasteiger partial charge >= 0.3 is 0 Å². The number of nitrogens with zero attached hydrogens (tertiary/aromatic N) is 2. The van der Waals surface area contributed by atoms with Crippen LogP contribution in [0.2, 0.25) is 5.02 Å². The molecule has 0 radical (unpaired) electrons. The number of carbonyl (C=O) groups excluding carboxylic acids is 1. The van der Waals surface area contributed by atoms with Gasteiger partial charge in [0.15, 0.2) is 0 Å². The van der Waals surface area contributed by atoms with Crippen molar-refractivity contribution in [2.75, 3.05) is 33.2 Å². The molecular formula is C16H21ClN2O. The van der Waals surface area contributed by atoms with Gasteiger partial charge in [0.2, 0.25) is 5.91 Å². The molecule has 108 valence electrons. The molecule has 1 aliphatic heterocycles. The van der Waals surface area contributed by atoms with Crippen LogP contribution in [0.4, 0.5) is 0 Å². The largest absolute Gasteiger partial charge is 0.341 e. The Morgan fingerprint density at radius 1 is 1.20 bits per heavy atom. The third-order valence-electron chi connectivity index (χ3n) is 4.44. The van der Waals surface area contributed by atoms with E-state index >= 15 is 0 Å². The van der Waals surface area contributed by atoms with Crippen LogP contribution in [0.5, 0.6) is 0 Å². The lowest BCUT2D eigenvalue weighted by Gasteiger charge is -2.20. The summed E-state index contributed by atoms with van der Waals surface area (Å²) in [5.41, 5.74) is 1.14. The maximum atomic E-state index is 12.6. The van der Waals surface area contributed by atoms with Gasteiger partial charge in [0.05, 0.1) is 0 Å². The van der Waals surface area contributed by atoms with Crippen LogP contribution in [0.15, 0.2) is 24.3 Å². The van der Waals surface area contributed by atoms with E-state index < -0.39 is 0 Å². The van der Waals surface area contributed by atoms with Crippen molar-refractivity contribution in [1.29, 1.82) is 0 Å². The molecule has 1 heterocycles. The first-order valence-corrected chi connectivity index (χ1v) is 7.76. The van der Waals surface area contributed by atoms with E-state index in [2.05, 4.69) is 18.0 Å². The van der Waals surface area contributed by atoms with Crippen LogP contribution in [0, 0.1) is 5.92 Å². The van der Waals surface area contributed by atoms with Crippen molar-refractivity contribution in [3.63, 3.8) is 0 Å². The summed E-state index contributed by atoms with van der Waals surface area (Å²) in [4.78, 5) is 16.9. The maximum absolute atomic E-state index is 12.6. The molecule has 3 nitrogen and oxygen atoms in total. The SMILES string of the molecule is CN1CCCN(C(=O)C2CC2c2ccccc2Cl)CC1. The predicted octanol–water partition coefficient (Wildman–Crippen LogP) is 2.61. The topological polar surface area (TPSA) is 23.6 Å². The fourth-order valence-electron chi connectivity index (χ4n) is 3.09. The van der Waals surface area contributed by atoms with E-state index in [0.717, 1.165) is 49.6 Å². The lowest BCUT2D eigenvalue weighted by atomic mass is 10.1. The highest BCUT2D eigenvalue weighted by molar-refractivity contribution is 6.31. The van der Waals surface area contributed by atoms with E-state index in [1.54, 1.807) is 0 Å². The van der Waals surface area contributed by atoms with Crippen LogP contribution < -0.4 is 0 Å². The Morgan fingerprint density at radius 3 is 2.80 bits per heavy atom. The minimum Gasteiger partial charge on any atom is -0.341 e. The summed E-state index contributed by atoms with van der Waals surface area (Å²) >= 11 is 6.23. The summed E-state index contributed by atoms with van der Waals surface area (Å²) in [5.74, 6) is 0.806. The van der Waals surface area contributed by atoms with E-state index in [9.17, 15) is 4.79 Å². The van der Waals surface area contributed by atoms with Gasteiger partial charge in [-0.05, 0) is 44.0 Å². The predicted molar refractivity (Wildman–Crippen MR) is 81.0 cm³/mol. The number of likely N-dealkylation sites (N-methyl/N-ethyl adjacent to an activating group) is 1. The second kappa shape index (κ2) is 5.74. The molecule has 2 fully saturated rings. The molecule has 3 rings (SSSR count). The van der Waals surface area contributed by atoms with Crippen molar-refractivity contribution in [1.82, 2.24) is 9.80 Å². The number of amides is 1. The minimum atomic E-state index is 0.151. The van der Waals surface area contributed by atoms with Gasteiger partial charge in [-0.1, -0.05) is 29.8 Å². The molecule has 0 N–H and O–H groups in total. The molecule has 1 saturated carbocycles. The average molecular weight is 293 g/mol. The molecule has 4 heteroatoms. The van der Waals surface area contributed by atoms with Gasteiger partial charge in [0.25, 0.3) is 0 Å². The van der Waals surface area contributed by atoms with Crippen LogP contribution in [0.1, 0.15) is 24.3 Å². The summed E-state index contributed by atoms with van der Waals surface area (Å²) < 4.78 is 0. The van der Waals surface area contributed by atoms with E-state index in [4.69, 9.17) is 11.6 Å². The lowest BCUT2D eigenvalue weighted by Crippen LogP contribution is -2.35. The Bertz CT molecular complexity index is 505. The molecule has 0 aromatic heterocycles. The van der Waals surface area contributed by atoms with Crippen molar-refractivity contribution in [2.24, 2.45) is 5.92 Å². The van der Waals surface area contributed by atoms with Gasteiger partial charge in [0, 0.05) is 30.6 Å². The first-order chi connectivity index (χ1) is 9.66. The molecule has 2 aliphatic rings. The number of hydrogen-bond donors (Lipinski definition) is 0. The van der Waals surface area contributed by atoms with Crippen LogP contribution in [-0.4, -0.2) is 48.9 Å². The van der Waals surface area contributed by atoms with Crippen molar-refractivity contribution in [2.45, 2.75) is 18.8 Å². The van der Waals surface area contributed by atoms with Crippen LogP contribution in [-0.2, 0) is 4.79 Å². The Kier molecular flexibility index (Phi) is 3.99. The van der Waals surface area contributed by atoms with Gasteiger partial charge in [-0.2, -0.15) is 0 Å². The third kappa shape index (κ3) is 2.84. The van der Waals surface area contributed by atoms with Crippen molar-refractivity contribution in [3.8, 4) is 0 Å². The highest BCUT2D eigenvalue weighted by Gasteiger charge is 2.46. The fourth-order valence-corrected chi connectivity index (χ4v) is 3.36. The number of halogens is 1. The van der Waals surface area contributed by atoms with Gasteiger partial charge in [0.1, 0.15) is 0 Å². The Balaban J connectivity index is 1.64. The molecular weight excluding hydrogens is 272 g/mol. The first-order valence-electron chi connectivity index (χ1n) is 7.38. The van der Waals surface area contributed by atoms with Gasteiger partial charge in [-0.25, -0.2) is 0 Å². The van der Waals surface area contributed by atoms with Crippen molar-refractivity contribution in [3.05, 3.63) is 34.9 Å². The fraction of sp³-hybridized carbons (Fsp3) is 0.562. The zero-order chi connectivity index (χ0) is 14.1. The molecule has 0 spiro atoms. The molecule has 1 saturated heterocycles. The van der Waals surface area contributed by atoms with E-state index in [1.165, 1.54) is 0 Å². The smallest absolute Gasteiger partial charge is 0.226 e. The van der Waals surface area contributed by atoms with Crippen molar-refractivity contribution >= 4 is 17.5 Å². The van der Waals surface area contributed by atoms with Crippen LogP contribution in [0.3, 0.4) is 0 Å². The van der Waals surface area contributed by atoms with Crippen LogP contribution in [0.25, 0.3) is 0 Å². The second-order valence-electron chi connectivity index (χ2n) is 5.95. The maximum Gasteiger partial charge on any atom is 0.226 e. The highest BCUT2D eigenvalue weighted by Crippen LogP contribution is 2.50. The quantitative estimate of drug-likeness (QED) is 0.836. The molecule has 2 unspecified atom stereocenters. The number of hydrogen-bond acceptors (Lipinski definition) is 2. The Morgan fingerprint density at radius 2 is 2.00 bits per heavy atom. The van der Waals surface area contributed by atoms with Gasteiger partial charge in [-0.15, -0.1) is 0 Å². The summed E-state index contributed by atoms with van der Waals surface area (Å²) in [6.45, 7) is 3.83. The standard InChI is InChI=1S/C16H21ClN2O/c1-18-7-4-8-19(10-9-18)16(20)14-11-13(14)12-5-2-3-6-15(12)17/h2-3,5-6,13-14H,4,7-11H2,1H3. The van der Waals surface area contributed by atoms with Crippen molar-refractivity contribution < 1.29 is 4.79 Å². The first kappa shape index (κ1) is 13.9. The molecule has 20 heavy (non-hydrogen) atoms. The number of benzene rings is 1. The zero-order valence-corrected chi connectivity index (χ0v) is 12.6. The summed E-state index contributed by atoms with van der Waals surface area (Å²) in [7, 11) is 2.12. The molecule has 1 aromatic carbocycles. The monoisotopic (exact) mass is 292 g/mol. The molecule has 0 bridgehead atoms. The highest BCUT2D eigenvalue weighted by atomic mass is 35.5. The Hall–Kier alpha value is -1.06. The Labute approximate surface area is 125 Å². The van der Waals surface area contributed by atoms with Crippen LogP contribution >= 0.6 is 11.6 Å². The molecule has 1 aliphatic carbocycles. The zero-order valence-electron chi connectivity index (χ0n) is 11.9. The number of carbonyl (C=O) groups is 1. The van der Waals surface area contributed by atoms with E-state index in [1.807, 2.05) is 23.1 Å². The van der Waals surface area contributed by atoms with E-state index in [-0.39, 0.29) is 5.92 Å². The summed E-state index contributed by atoms with van der Waals surface area (Å²) in [6.07, 6.45) is 2.03. The normalized spacial score (nSPS) is 27.2. The minimum absolute atomic E-state index is 0.151. The lowest BCUT2D eigenvalue weighted by molar-refractivity contribution is -0.132. The molecule has 1 aromatic rings. The third-order valence-corrected chi connectivity index (χ3v) is 4.79. The average Bonchev–Trinajstić information content (AvgIpc) is 3.23. The summed E-state index contributed by atoms with van der Waals surface area (Å²) in [6, 6.07) is 7.91. The van der Waals surface area contributed by atoms with Gasteiger partial charge in [-0.3, -0.25) is 4.79 Å². The molecule has 2 atom stereocenters. The van der Waals surface area contributed by atoms with Gasteiger partial charge < -0.3 is 9.80 Å². The second-order valence-corrected chi connectivity index (χ2v) is 6.36. The molecule has 1 amide bonds. The number of rotatable bonds is 2. The van der Waals surface area contributed by atoms with E-state index in [0.29, 0.717) is 11.8 Å². The summed E-state index contributed by atoms with van der Waals surface area (Å²) in [5, 5.41) is 0.795.